The largest absolute Gasteiger partial charge is 0.497 e. The quantitative estimate of drug-likeness (QED) is 0.702. The van der Waals surface area contributed by atoms with E-state index in [1.54, 1.807) is 72.7 Å². The van der Waals surface area contributed by atoms with Crippen LogP contribution >= 0.6 is 0 Å². The van der Waals surface area contributed by atoms with Crippen LogP contribution < -0.4 is 19.7 Å². The average molecular weight is 388 g/mol. The monoisotopic (exact) mass is 388 g/mol. The number of para-hydroxylation sites is 1. The van der Waals surface area contributed by atoms with Crippen molar-refractivity contribution in [2.45, 2.75) is 6.92 Å². The molecule has 0 saturated carbocycles. The fourth-order valence-electron chi connectivity index (χ4n) is 3.25. The normalized spacial score (nSPS) is 12.3. The standard InChI is InChI=1S/C23H20N2O4/c1-3-25-19-14-15(22(26)24-16-9-11-17(28-2)12-10-16)8-13-21(19)29-20-7-5-4-6-18(20)23(25)27/h4-14H,3H2,1-2H3,(H,24,26). The van der Waals surface area contributed by atoms with Crippen LogP contribution in [0.4, 0.5) is 11.4 Å². The van der Waals surface area contributed by atoms with E-state index in [4.69, 9.17) is 9.47 Å². The van der Waals surface area contributed by atoms with Gasteiger partial charge >= 0.3 is 0 Å². The third-order valence-corrected chi connectivity index (χ3v) is 4.76. The second kappa shape index (κ2) is 7.67. The summed E-state index contributed by atoms with van der Waals surface area (Å²) in [7, 11) is 1.59. The number of hydrogen-bond acceptors (Lipinski definition) is 4. The van der Waals surface area contributed by atoms with Crippen LogP contribution in [-0.2, 0) is 0 Å². The predicted molar refractivity (Wildman–Crippen MR) is 111 cm³/mol. The average Bonchev–Trinajstić information content (AvgIpc) is 2.87. The number of rotatable bonds is 4. The summed E-state index contributed by atoms with van der Waals surface area (Å²) in [6.45, 7) is 2.34. The number of hydrogen-bond donors (Lipinski definition) is 1. The molecule has 6 heteroatoms. The molecule has 0 saturated heterocycles. The molecular formula is C23H20N2O4. The highest BCUT2D eigenvalue weighted by molar-refractivity contribution is 6.11. The van der Waals surface area contributed by atoms with E-state index in [0.717, 1.165) is 0 Å². The third-order valence-electron chi connectivity index (χ3n) is 4.76. The summed E-state index contributed by atoms with van der Waals surface area (Å²) in [5.74, 6) is 1.32. The predicted octanol–water partition coefficient (Wildman–Crippen LogP) is 4.72. The number of anilines is 2. The first-order valence-corrected chi connectivity index (χ1v) is 9.29. The van der Waals surface area contributed by atoms with Crippen molar-refractivity contribution in [1.29, 1.82) is 0 Å². The summed E-state index contributed by atoms with van der Waals surface area (Å²) in [6.07, 6.45) is 0. The summed E-state index contributed by atoms with van der Waals surface area (Å²) >= 11 is 0. The van der Waals surface area contributed by atoms with Crippen LogP contribution in [0, 0.1) is 0 Å². The summed E-state index contributed by atoms with van der Waals surface area (Å²) in [5.41, 5.74) is 2.14. The molecule has 0 spiro atoms. The highest BCUT2D eigenvalue weighted by atomic mass is 16.5. The lowest BCUT2D eigenvalue weighted by Crippen LogP contribution is -2.30. The minimum atomic E-state index is -0.275. The number of nitrogens with one attached hydrogen (secondary N) is 1. The van der Waals surface area contributed by atoms with Crippen molar-refractivity contribution in [2.24, 2.45) is 0 Å². The zero-order chi connectivity index (χ0) is 20.4. The van der Waals surface area contributed by atoms with E-state index in [2.05, 4.69) is 5.32 Å². The van der Waals surface area contributed by atoms with E-state index in [0.29, 0.717) is 46.3 Å². The number of methoxy groups -OCH3 is 1. The van der Waals surface area contributed by atoms with Crippen molar-refractivity contribution in [3.8, 4) is 17.2 Å². The fraction of sp³-hybridized carbons (Fsp3) is 0.130. The summed E-state index contributed by atoms with van der Waals surface area (Å²) in [5, 5.41) is 2.85. The molecule has 6 nitrogen and oxygen atoms in total. The first kappa shape index (κ1) is 18.6. The van der Waals surface area contributed by atoms with Crippen molar-refractivity contribution >= 4 is 23.2 Å². The SMILES string of the molecule is CCN1C(=O)c2ccccc2Oc2ccc(C(=O)Nc3ccc(OC)cc3)cc21. The van der Waals surface area contributed by atoms with Crippen molar-refractivity contribution < 1.29 is 19.1 Å². The molecular weight excluding hydrogens is 368 g/mol. The Morgan fingerprint density at radius 2 is 1.79 bits per heavy atom. The number of ether oxygens (including phenoxy) is 2. The molecule has 0 bridgehead atoms. The van der Waals surface area contributed by atoms with E-state index in [1.165, 1.54) is 0 Å². The minimum absolute atomic E-state index is 0.158. The molecule has 0 unspecified atom stereocenters. The van der Waals surface area contributed by atoms with Crippen LogP contribution in [0.1, 0.15) is 27.6 Å². The molecule has 0 atom stereocenters. The smallest absolute Gasteiger partial charge is 0.262 e. The Morgan fingerprint density at radius 1 is 1.03 bits per heavy atom. The zero-order valence-electron chi connectivity index (χ0n) is 16.1. The first-order chi connectivity index (χ1) is 14.1. The highest BCUT2D eigenvalue weighted by Crippen LogP contribution is 2.39. The first-order valence-electron chi connectivity index (χ1n) is 9.29. The van der Waals surface area contributed by atoms with Crippen LogP contribution in [0.5, 0.6) is 17.2 Å². The van der Waals surface area contributed by atoms with Crippen LogP contribution in [-0.4, -0.2) is 25.5 Å². The molecule has 1 aliphatic rings. The lowest BCUT2D eigenvalue weighted by atomic mass is 10.1. The van der Waals surface area contributed by atoms with Gasteiger partial charge in [0.15, 0.2) is 5.75 Å². The van der Waals surface area contributed by atoms with Gasteiger partial charge in [-0.15, -0.1) is 0 Å². The number of nitrogens with zero attached hydrogens (tertiary/aromatic N) is 1. The molecule has 4 rings (SSSR count). The molecule has 1 N–H and O–H groups in total. The van der Waals surface area contributed by atoms with Gasteiger partial charge in [0.05, 0.1) is 18.4 Å². The van der Waals surface area contributed by atoms with Gasteiger partial charge < -0.3 is 19.7 Å². The van der Waals surface area contributed by atoms with Gasteiger partial charge in [-0.3, -0.25) is 9.59 Å². The van der Waals surface area contributed by atoms with Crippen molar-refractivity contribution in [2.75, 3.05) is 23.9 Å². The number of amides is 2. The van der Waals surface area contributed by atoms with Crippen LogP contribution in [0.25, 0.3) is 0 Å². The van der Waals surface area contributed by atoms with Crippen molar-refractivity contribution in [3.05, 3.63) is 77.9 Å². The molecule has 0 radical (unpaired) electrons. The van der Waals surface area contributed by atoms with E-state index in [9.17, 15) is 9.59 Å². The Hall–Kier alpha value is -3.80. The van der Waals surface area contributed by atoms with Crippen molar-refractivity contribution in [1.82, 2.24) is 0 Å². The highest BCUT2D eigenvalue weighted by Gasteiger charge is 2.27. The Balaban J connectivity index is 1.66. The van der Waals surface area contributed by atoms with Crippen LogP contribution in [0.3, 0.4) is 0 Å². The minimum Gasteiger partial charge on any atom is -0.497 e. The second-order valence-electron chi connectivity index (χ2n) is 6.51. The summed E-state index contributed by atoms with van der Waals surface area (Å²) in [4.78, 5) is 27.4. The molecule has 1 heterocycles. The van der Waals surface area contributed by atoms with Gasteiger partial charge in [0.1, 0.15) is 11.5 Å². The number of carbonyl (C=O) groups excluding carboxylic acids is 2. The summed E-state index contributed by atoms with van der Waals surface area (Å²) < 4.78 is 11.1. The Morgan fingerprint density at radius 3 is 2.52 bits per heavy atom. The zero-order valence-corrected chi connectivity index (χ0v) is 16.1. The van der Waals surface area contributed by atoms with Gasteiger partial charge in [0.25, 0.3) is 11.8 Å². The Kier molecular flexibility index (Phi) is 4.91. The molecule has 29 heavy (non-hydrogen) atoms. The van der Waals surface area contributed by atoms with Crippen LogP contribution in [0.2, 0.25) is 0 Å². The fourth-order valence-corrected chi connectivity index (χ4v) is 3.25. The Labute approximate surface area is 168 Å². The molecule has 3 aromatic rings. The van der Waals surface area contributed by atoms with E-state index < -0.39 is 0 Å². The lowest BCUT2D eigenvalue weighted by Gasteiger charge is -2.20. The van der Waals surface area contributed by atoms with E-state index >= 15 is 0 Å². The number of carbonyl (C=O) groups is 2. The molecule has 1 aliphatic heterocycles. The van der Waals surface area contributed by atoms with Gasteiger partial charge in [-0.05, 0) is 61.5 Å². The summed E-state index contributed by atoms with van der Waals surface area (Å²) in [6, 6.07) is 19.3. The lowest BCUT2D eigenvalue weighted by molar-refractivity contribution is 0.0985. The van der Waals surface area contributed by atoms with E-state index in [-0.39, 0.29) is 11.8 Å². The van der Waals surface area contributed by atoms with Crippen molar-refractivity contribution in [3.63, 3.8) is 0 Å². The second-order valence-corrected chi connectivity index (χ2v) is 6.51. The number of fused-ring (bicyclic) bond motifs is 2. The molecule has 0 aliphatic carbocycles. The van der Waals surface area contributed by atoms with Gasteiger partial charge in [-0.2, -0.15) is 0 Å². The van der Waals surface area contributed by atoms with Gasteiger partial charge in [0, 0.05) is 17.8 Å². The number of benzene rings is 3. The third kappa shape index (κ3) is 3.52. The van der Waals surface area contributed by atoms with Crippen LogP contribution in [0.15, 0.2) is 66.7 Å². The molecule has 3 aromatic carbocycles. The van der Waals surface area contributed by atoms with Gasteiger partial charge in [0.2, 0.25) is 0 Å². The van der Waals surface area contributed by atoms with Gasteiger partial charge in [-0.1, -0.05) is 12.1 Å². The molecule has 146 valence electrons. The maximum Gasteiger partial charge on any atom is 0.262 e. The molecule has 2 amide bonds. The maximum absolute atomic E-state index is 13.0. The maximum atomic E-state index is 13.0. The molecule has 0 aromatic heterocycles. The topological polar surface area (TPSA) is 67.9 Å². The van der Waals surface area contributed by atoms with E-state index in [1.807, 2.05) is 13.0 Å². The molecule has 0 fully saturated rings. The van der Waals surface area contributed by atoms with Gasteiger partial charge in [-0.25, -0.2) is 0 Å². The Bertz CT molecular complexity index is 1080.